The minimum absolute atomic E-state index is 0.0194. The molecule has 0 spiro atoms. The van der Waals surface area contributed by atoms with E-state index in [1.165, 1.54) is 44.6 Å². The lowest BCUT2D eigenvalue weighted by Crippen LogP contribution is -2.48. The van der Waals surface area contributed by atoms with Gasteiger partial charge in [0, 0.05) is 18.0 Å². The molecule has 6 heteroatoms. The summed E-state index contributed by atoms with van der Waals surface area (Å²) < 4.78 is 21.5. The molecule has 5 fully saturated rings. The first-order valence-electron chi connectivity index (χ1n) is 12.2. The minimum atomic E-state index is -1.12. The van der Waals surface area contributed by atoms with Crippen LogP contribution >= 0.6 is 0 Å². The number of rotatable bonds is 6. The van der Waals surface area contributed by atoms with Gasteiger partial charge in [-0.1, -0.05) is 13.8 Å². The van der Waals surface area contributed by atoms with Crippen LogP contribution in [0.3, 0.4) is 0 Å². The average molecular weight is 444 g/mol. The Bertz CT molecular complexity index is 891. The van der Waals surface area contributed by atoms with Gasteiger partial charge in [0.25, 0.3) is 0 Å². The third-order valence-electron chi connectivity index (χ3n) is 8.49. The van der Waals surface area contributed by atoms with Gasteiger partial charge in [-0.3, -0.25) is 9.69 Å². The summed E-state index contributed by atoms with van der Waals surface area (Å²) in [4.78, 5) is 25.7. The van der Waals surface area contributed by atoms with Crippen molar-refractivity contribution in [1.29, 1.82) is 0 Å². The van der Waals surface area contributed by atoms with Gasteiger partial charge in [0.1, 0.15) is 11.6 Å². The van der Waals surface area contributed by atoms with Crippen molar-refractivity contribution in [3.63, 3.8) is 0 Å². The topological polar surface area (TPSA) is 66.8 Å². The lowest BCUT2D eigenvalue weighted by molar-refractivity contribution is -0.0747. The number of carbonyl (C=O) groups is 2. The highest BCUT2D eigenvalue weighted by atomic mass is 19.1. The number of Topliss-reactive ketones (excluding diaryl/α,β-unsaturated/α-hetero) is 1. The molecule has 1 saturated heterocycles. The van der Waals surface area contributed by atoms with Crippen molar-refractivity contribution in [2.75, 3.05) is 13.2 Å². The summed E-state index contributed by atoms with van der Waals surface area (Å²) in [6.07, 6.45) is 7.72. The molecule has 5 nitrogen and oxygen atoms in total. The van der Waals surface area contributed by atoms with Crippen molar-refractivity contribution in [3.8, 4) is 5.75 Å². The molecule has 4 bridgehead atoms. The molecule has 4 aliphatic carbocycles. The molecule has 6 rings (SSSR count). The highest BCUT2D eigenvalue weighted by Crippen LogP contribution is 2.60. The number of ketones is 1. The molecule has 1 heterocycles. The molecule has 1 N–H and O–H groups in total. The van der Waals surface area contributed by atoms with Gasteiger partial charge < -0.3 is 9.84 Å². The predicted octanol–water partition coefficient (Wildman–Crippen LogP) is 5.87. The van der Waals surface area contributed by atoms with Gasteiger partial charge in [0.2, 0.25) is 0 Å². The van der Waals surface area contributed by atoms with Gasteiger partial charge in [0.15, 0.2) is 5.78 Å². The Morgan fingerprint density at radius 1 is 1.16 bits per heavy atom. The van der Waals surface area contributed by atoms with Crippen molar-refractivity contribution < 1.29 is 23.8 Å². The van der Waals surface area contributed by atoms with E-state index in [4.69, 9.17) is 4.74 Å². The first-order valence-corrected chi connectivity index (χ1v) is 12.2. The fourth-order valence-corrected chi connectivity index (χ4v) is 7.48. The van der Waals surface area contributed by atoms with Crippen molar-refractivity contribution in [2.24, 2.45) is 23.2 Å². The normalized spacial score (nSPS) is 33.2. The Kier molecular flexibility index (Phi) is 5.45. The molecule has 174 valence electrons. The van der Waals surface area contributed by atoms with Crippen molar-refractivity contribution in [2.45, 2.75) is 77.2 Å². The monoisotopic (exact) mass is 443 g/mol. The fraction of sp³-hybridized carbons (Fsp3) is 0.692. The summed E-state index contributed by atoms with van der Waals surface area (Å²) >= 11 is 0. The van der Waals surface area contributed by atoms with Crippen LogP contribution < -0.4 is 4.74 Å². The van der Waals surface area contributed by atoms with Crippen LogP contribution in [0.2, 0.25) is 0 Å². The van der Waals surface area contributed by atoms with Crippen LogP contribution in [-0.2, 0) is 0 Å². The Morgan fingerprint density at radius 3 is 2.34 bits per heavy atom. The second-order valence-electron chi connectivity index (χ2n) is 11.2. The van der Waals surface area contributed by atoms with Crippen LogP contribution in [0.4, 0.5) is 9.18 Å². The number of nitrogens with zero attached hydrogens (tertiary/aromatic N) is 1. The molecular formula is C26H34FNO4. The number of amides is 1. The van der Waals surface area contributed by atoms with Gasteiger partial charge in [0.05, 0.1) is 18.2 Å². The second kappa shape index (κ2) is 8.03. The molecule has 32 heavy (non-hydrogen) atoms. The van der Waals surface area contributed by atoms with E-state index in [-0.39, 0.29) is 16.9 Å². The minimum Gasteiger partial charge on any atom is -0.493 e. The van der Waals surface area contributed by atoms with E-state index in [0.29, 0.717) is 31.7 Å². The Morgan fingerprint density at radius 2 is 1.78 bits per heavy atom. The first kappa shape index (κ1) is 21.7. The number of hydrogen-bond acceptors (Lipinski definition) is 3. The molecular weight excluding hydrogens is 409 g/mol. The second-order valence-corrected chi connectivity index (χ2v) is 11.2. The predicted molar refractivity (Wildman–Crippen MR) is 119 cm³/mol. The van der Waals surface area contributed by atoms with Gasteiger partial charge >= 0.3 is 6.09 Å². The summed E-state index contributed by atoms with van der Waals surface area (Å²) in [5.74, 6) is 2.02. The summed E-state index contributed by atoms with van der Waals surface area (Å²) in [5, 5.41) is 9.38. The third kappa shape index (κ3) is 3.80. The average Bonchev–Trinajstić information content (AvgIpc) is 3.21. The Hall–Kier alpha value is -2.11. The van der Waals surface area contributed by atoms with E-state index in [9.17, 15) is 14.7 Å². The standard InChI is InChI=1S/C26H34FNO4/c1-15(2)19-9-20(24(29)22-4-3-5-28(22)25(30)31)21(27)10-23(19)32-14-26-11-16-6-17(12-26)8-18(7-16)13-26/h9-10,15-18,22H,3-8,11-14H2,1-2H3,(H,30,31). The molecule has 1 aromatic carbocycles. The number of carboxylic acid groups (broad SMARTS) is 1. The quantitative estimate of drug-likeness (QED) is 0.559. The lowest BCUT2D eigenvalue weighted by atomic mass is 9.50. The lowest BCUT2D eigenvalue weighted by Gasteiger charge is -2.56. The van der Waals surface area contributed by atoms with Crippen LogP contribution in [0.15, 0.2) is 12.1 Å². The maximum Gasteiger partial charge on any atom is 0.407 e. The van der Waals surface area contributed by atoms with Gasteiger partial charge in [-0.25, -0.2) is 9.18 Å². The Balaban J connectivity index is 1.37. The fourth-order valence-electron chi connectivity index (χ4n) is 7.48. The molecule has 1 amide bonds. The number of ether oxygens (including phenoxy) is 1. The van der Waals surface area contributed by atoms with Crippen LogP contribution in [-0.4, -0.2) is 41.1 Å². The zero-order chi connectivity index (χ0) is 22.6. The van der Waals surface area contributed by atoms with Crippen molar-refractivity contribution >= 4 is 11.9 Å². The third-order valence-corrected chi connectivity index (χ3v) is 8.49. The number of benzene rings is 1. The molecule has 4 saturated carbocycles. The highest BCUT2D eigenvalue weighted by Gasteiger charge is 2.51. The van der Waals surface area contributed by atoms with Crippen molar-refractivity contribution in [3.05, 3.63) is 29.1 Å². The maximum absolute atomic E-state index is 15.1. The first-order chi connectivity index (χ1) is 15.2. The molecule has 0 aromatic heterocycles. The number of halogens is 1. The SMILES string of the molecule is CC(C)c1cc(C(=O)C2CCCN2C(=O)O)c(F)cc1OCC12CC3CC(CC(C3)C1)C2. The van der Waals surface area contributed by atoms with Gasteiger partial charge in [-0.15, -0.1) is 0 Å². The summed E-state index contributed by atoms with van der Waals surface area (Å²) in [6, 6.07) is 2.17. The van der Waals surface area contributed by atoms with Gasteiger partial charge in [-0.2, -0.15) is 0 Å². The largest absolute Gasteiger partial charge is 0.493 e. The van der Waals surface area contributed by atoms with E-state index in [1.807, 2.05) is 13.8 Å². The zero-order valence-electron chi connectivity index (χ0n) is 19.1. The van der Waals surface area contributed by atoms with Crippen LogP contribution in [0.1, 0.15) is 87.1 Å². The molecule has 1 aromatic rings. The van der Waals surface area contributed by atoms with E-state index in [0.717, 1.165) is 28.2 Å². The van der Waals surface area contributed by atoms with E-state index >= 15 is 4.39 Å². The zero-order valence-corrected chi connectivity index (χ0v) is 19.1. The summed E-state index contributed by atoms with van der Waals surface area (Å²) in [7, 11) is 0. The smallest absolute Gasteiger partial charge is 0.407 e. The molecule has 1 atom stereocenters. The van der Waals surface area contributed by atoms with E-state index < -0.39 is 23.7 Å². The Labute approximate surface area is 189 Å². The summed E-state index contributed by atoms with van der Waals surface area (Å²) in [6.45, 7) is 4.96. The van der Waals surface area contributed by atoms with Crippen LogP contribution in [0, 0.1) is 29.0 Å². The maximum atomic E-state index is 15.1. The molecule has 1 unspecified atom stereocenters. The number of likely N-dealkylation sites (tertiary alicyclic amines) is 1. The van der Waals surface area contributed by atoms with Crippen molar-refractivity contribution in [1.82, 2.24) is 4.90 Å². The molecule has 1 aliphatic heterocycles. The van der Waals surface area contributed by atoms with Crippen LogP contribution in [0.25, 0.3) is 0 Å². The number of hydrogen-bond donors (Lipinski definition) is 1. The highest BCUT2D eigenvalue weighted by molar-refractivity contribution is 6.02. The van der Waals surface area contributed by atoms with E-state index in [2.05, 4.69) is 0 Å². The molecule has 0 radical (unpaired) electrons. The molecule has 5 aliphatic rings. The van der Waals surface area contributed by atoms with Gasteiger partial charge in [-0.05, 0) is 86.7 Å². The number of carbonyl (C=O) groups excluding carboxylic acids is 1. The van der Waals surface area contributed by atoms with E-state index in [1.54, 1.807) is 6.07 Å². The van der Waals surface area contributed by atoms with Crippen LogP contribution in [0.5, 0.6) is 5.75 Å². The summed E-state index contributed by atoms with van der Waals surface area (Å²) in [5.41, 5.74) is 1.02.